The number of piperazine rings is 1. The number of aryl methyl sites for hydroxylation is 1. The number of fused-ring (bicyclic) bond motifs is 1. The van der Waals surface area contributed by atoms with E-state index in [0.717, 1.165) is 69.4 Å². The molecule has 1 fully saturated rings. The van der Waals surface area contributed by atoms with Gasteiger partial charge in [-0.1, -0.05) is 18.0 Å². The standard InChI is InChI=1S/C18H22ClF3N6/c19-14-10-13(18(20,21)22)11-23-17(14)27-8-6-26(7-9-27)12-16-25-24-15-4-2-1-3-5-28(15)16/h10-11H,1-9,12H2. The number of rotatable bonds is 3. The molecule has 0 spiro atoms. The zero-order chi connectivity index (χ0) is 19.7. The fourth-order valence-electron chi connectivity index (χ4n) is 3.80. The van der Waals surface area contributed by atoms with E-state index >= 15 is 0 Å². The largest absolute Gasteiger partial charge is 0.417 e. The molecule has 0 aliphatic carbocycles. The molecule has 28 heavy (non-hydrogen) atoms. The lowest BCUT2D eigenvalue weighted by Crippen LogP contribution is -2.46. The van der Waals surface area contributed by atoms with Crippen molar-refractivity contribution >= 4 is 17.4 Å². The molecule has 2 aromatic rings. The predicted molar refractivity (Wildman–Crippen MR) is 99.3 cm³/mol. The summed E-state index contributed by atoms with van der Waals surface area (Å²) in [7, 11) is 0. The minimum absolute atomic E-state index is 0.0334. The third kappa shape index (κ3) is 4.10. The number of alkyl halides is 3. The quantitative estimate of drug-likeness (QED) is 0.770. The van der Waals surface area contributed by atoms with Crippen molar-refractivity contribution in [2.75, 3.05) is 31.1 Å². The molecule has 0 radical (unpaired) electrons. The lowest BCUT2D eigenvalue weighted by atomic mass is 10.2. The van der Waals surface area contributed by atoms with Crippen molar-refractivity contribution in [2.45, 2.75) is 44.9 Å². The van der Waals surface area contributed by atoms with Gasteiger partial charge < -0.3 is 9.47 Å². The van der Waals surface area contributed by atoms with Crippen LogP contribution in [0.4, 0.5) is 19.0 Å². The van der Waals surface area contributed by atoms with E-state index in [2.05, 4.69) is 24.6 Å². The van der Waals surface area contributed by atoms with E-state index in [1.165, 1.54) is 6.42 Å². The van der Waals surface area contributed by atoms with Crippen molar-refractivity contribution in [2.24, 2.45) is 0 Å². The second kappa shape index (κ2) is 7.87. The molecule has 152 valence electrons. The highest BCUT2D eigenvalue weighted by Crippen LogP contribution is 2.33. The molecule has 2 aliphatic heterocycles. The Labute approximate surface area is 166 Å². The van der Waals surface area contributed by atoms with Gasteiger partial charge in [0.15, 0.2) is 0 Å². The molecule has 0 saturated carbocycles. The van der Waals surface area contributed by atoms with Crippen LogP contribution in [-0.2, 0) is 25.7 Å². The minimum atomic E-state index is -4.44. The van der Waals surface area contributed by atoms with E-state index in [4.69, 9.17) is 11.6 Å². The molecule has 0 N–H and O–H groups in total. The van der Waals surface area contributed by atoms with Crippen LogP contribution in [0.2, 0.25) is 5.02 Å². The Hall–Kier alpha value is -1.87. The third-order valence-corrected chi connectivity index (χ3v) is 5.65. The highest BCUT2D eigenvalue weighted by molar-refractivity contribution is 6.33. The first kappa shape index (κ1) is 19.4. The molecule has 0 amide bonds. The molecule has 4 heterocycles. The van der Waals surface area contributed by atoms with Gasteiger partial charge in [-0.25, -0.2) is 4.98 Å². The van der Waals surface area contributed by atoms with Crippen molar-refractivity contribution < 1.29 is 13.2 Å². The molecule has 0 aromatic carbocycles. The van der Waals surface area contributed by atoms with Gasteiger partial charge >= 0.3 is 6.18 Å². The van der Waals surface area contributed by atoms with Crippen LogP contribution in [0.3, 0.4) is 0 Å². The number of aromatic nitrogens is 4. The number of halogens is 4. The monoisotopic (exact) mass is 414 g/mol. The van der Waals surface area contributed by atoms with Crippen molar-refractivity contribution in [1.29, 1.82) is 0 Å². The molecule has 2 aromatic heterocycles. The molecule has 2 aliphatic rings. The molecule has 6 nitrogen and oxygen atoms in total. The summed E-state index contributed by atoms with van der Waals surface area (Å²) in [5, 5.41) is 8.75. The third-order valence-electron chi connectivity index (χ3n) is 5.37. The predicted octanol–water partition coefficient (Wildman–Crippen LogP) is 3.39. The fourth-order valence-corrected chi connectivity index (χ4v) is 4.08. The molecule has 10 heteroatoms. The van der Waals surface area contributed by atoms with Crippen LogP contribution in [0.1, 0.15) is 36.5 Å². The van der Waals surface area contributed by atoms with Crippen LogP contribution in [0, 0.1) is 0 Å². The summed E-state index contributed by atoms with van der Waals surface area (Å²) in [6.07, 6.45) is 0.937. The summed E-state index contributed by atoms with van der Waals surface area (Å²) in [4.78, 5) is 8.19. The normalized spacial score (nSPS) is 18.8. The Morgan fingerprint density at radius 2 is 1.79 bits per heavy atom. The van der Waals surface area contributed by atoms with Gasteiger partial charge in [0.25, 0.3) is 0 Å². The number of pyridine rings is 1. The van der Waals surface area contributed by atoms with E-state index in [-0.39, 0.29) is 5.02 Å². The summed E-state index contributed by atoms with van der Waals surface area (Å²) >= 11 is 6.08. The first-order valence-corrected chi connectivity index (χ1v) is 9.90. The van der Waals surface area contributed by atoms with Crippen molar-refractivity contribution in [3.8, 4) is 0 Å². The minimum Gasteiger partial charge on any atom is -0.353 e. The average Bonchev–Trinajstić information content (AvgIpc) is 2.88. The fraction of sp³-hybridized carbons (Fsp3) is 0.611. The highest BCUT2D eigenvalue weighted by Gasteiger charge is 2.32. The Kier molecular flexibility index (Phi) is 5.46. The number of nitrogens with zero attached hydrogens (tertiary/aromatic N) is 6. The van der Waals surface area contributed by atoms with E-state index in [0.29, 0.717) is 18.9 Å². The van der Waals surface area contributed by atoms with Gasteiger partial charge in [-0.05, 0) is 18.9 Å². The van der Waals surface area contributed by atoms with Gasteiger partial charge in [0.2, 0.25) is 0 Å². The Balaban J connectivity index is 1.38. The molecule has 4 rings (SSSR count). The van der Waals surface area contributed by atoms with Crippen molar-refractivity contribution in [3.05, 3.63) is 34.5 Å². The van der Waals surface area contributed by atoms with Gasteiger partial charge in [-0.3, -0.25) is 4.90 Å². The molecule has 0 atom stereocenters. The topological polar surface area (TPSA) is 50.1 Å². The second-order valence-corrected chi connectivity index (χ2v) is 7.69. The van der Waals surface area contributed by atoms with Crippen LogP contribution in [0.5, 0.6) is 0 Å². The average molecular weight is 415 g/mol. The Morgan fingerprint density at radius 3 is 2.50 bits per heavy atom. The Morgan fingerprint density at radius 1 is 1.00 bits per heavy atom. The van der Waals surface area contributed by atoms with Crippen LogP contribution in [-0.4, -0.2) is 50.8 Å². The SMILES string of the molecule is FC(F)(F)c1cnc(N2CCN(Cc3nnc4n3CCCCC4)CC2)c(Cl)c1. The Bertz CT molecular complexity index is 829. The summed E-state index contributed by atoms with van der Waals surface area (Å²) in [5.41, 5.74) is -0.826. The van der Waals surface area contributed by atoms with E-state index in [1.54, 1.807) is 0 Å². The molecule has 0 bridgehead atoms. The maximum atomic E-state index is 12.8. The maximum Gasteiger partial charge on any atom is 0.417 e. The van der Waals surface area contributed by atoms with Crippen LogP contribution >= 0.6 is 11.6 Å². The highest BCUT2D eigenvalue weighted by atomic mass is 35.5. The van der Waals surface area contributed by atoms with Gasteiger partial charge in [-0.15, -0.1) is 10.2 Å². The summed E-state index contributed by atoms with van der Waals surface area (Å²) in [6, 6.07) is 0.946. The molecular formula is C18H22ClF3N6. The summed E-state index contributed by atoms with van der Waals surface area (Å²) in [5.74, 6) is 2.48. The zero-order valence-corrected chi connectivity index (χ0v) is 16.2. The van der Waals surface area contributed by atoms with Crippen molar-refractivity contribution in [3.63, 3.8) is 0 Å². The van der Waals surface area contributed by atoms with Crippen LogP contribution < -0.4 is 4.90 Å². The zero-order valence-electron chi connectivity index (χ0n) is 15.4. The number of anilines is 1. The molecule has 1 saturated heterocycles. The lowest BCUT2D eigenvalue weighted by molar-refractivity contribution is -0.137. The number of hydrogen-bond donors (Lipinski definition) is 0. The van der Waals surface area contributed by atoms with Crippen LogP contribution in [0.15, 0.2) is 12.3 Å². The first-order chi connectivity index (χ1) is 13.4. The van der Waals surface area contributed by atoms with Gasteiger partial charge in [0.05, 0.1) is 17.1 Å². The molecule has 0 unspecified atom stereocenters. The van der Waals surface area contributed by atoms with Crippen molar-refractivity contribution in [1.82, 2.24) is 24.6 Å². The lowest BCUT2D eigenvalue weighted by Gasteiger charge is -2.35. The molecular weight excluding hydrogens is 393 g/mol. The van der Waals surface area contributed by atoms with E-state index < -0.39 is 11.7 Å². The second-order valence-electron chi connectivity index (χ2n) is 7.29. The summed E-state index contributed by atoms with van der Waals surface area (Å²) in [6.45, 7) is 4.54. The van der Waals surface area contributed by atoms with Gasteiger partial charge in [0.1, 0.15) is 17.5 Å². The van der Waals surface area contributed by atoms with E-state index in [9.17, 15) is 13.2 Å². The van der Waals surface area contributed by atoms with E-state index in [1.807, 2.05) is 4.90 Å². The maximum absolute atomic E-state index is 12.8. The van der Waals surface area contributed by atoms with Gasteiger partial charge in [-0.2, -0.15) is 13.2 Å². The first-order valence-electron chi connectivity index (χ1n) is 9.53. The van der Waals surface area contributed by atoms with Crippen LogP contribution in [0.25, 0.3) is 0 Å². The number of hydrogen-bond acceptors (Lipinski definition) is 5. The van der Waals surface area contributed by atoms with Gasteiger partial charge in [0, 0.05) is 45.3 Å². The smallest absolute Gasteiger partial charge is 0.353 e. The summed E-state index contributed by atoms with van der Waals surface area (Å²) < 4.78 is 40.6.